The van der Waals surface area contributed by atoms with Crippen molar-refractivity contribution in [1.29, 1.82) is 0 Å². The Hall–Kier alpha value is -3.49. The minimum atomic E-state index is -0.442. The van der Waals surface area contributed by atoms with Gasteiger partial charge in [-0.3, -0.25) is 9.59 Å². The molecule has 0 unspecified atom stereocenters. The Kier molecular flexibility index (Phi) is 9.41. The van der Waals surface area contributed by atoms with Crippen LogP contribution in [0.4, 0.5) is 4.39 Å². The Labute approximate surface area is 180 Å². The van der Waals surface area contributed by atoms with E-state index in [0.717, 1.165) is 6.42 Å². The summed E-state index contributed by atoms with van der Waals surface area (Å²) in [6, 6.07) is 8.82. The van der Waals surface area contributed by atoms with Gasteiger partial charge in [-0.1, -0.05) is 0 Å². The molecule has 0 aromatic heterocycles. The summed E-state index contributed by atoms with van der Waals surface area (Å²) in [6.07, 6.45) is 1.42. The summed E-state index contributed by atoms with van der Waals surface area (Å²) >= 11 is 0. The van der Waals surface area contributed by atoms with Crippen molar-refractivity contribution in [2.24, 2.45) is 0 Å². The highest BCUT2D eigenvalue weighted by atomic mass is 19.1. The number of ether oxygens (including phenoxy) is 4. The summed E-state index contributed by atoms with van der Waals surface area (Å²) in [5.41, 5.74) is 0.278. The summed E-state index contributed by atoms with van der Waals surface area (Å²) < 4.78 is 34.0. The molecule has 0 bridgehead atoms. The number of methoxy groups -OCH3 is 3. The normalized spacial score (nSPS) is 10.2. The van der Waals surface area contributed by atoms with Crippen molar-refractivity contribution in [3.8, 4) is 23.0 Å². The third-order valence-corrected chi connectivity index (χ3v) is 4.31. The quantitative estimate of drug-likeness (QED) is 0.499. The van der Waals surface area contributed by atoms with Crippen LogP contribution in [-0.2, 0) is 4.79 Å². The number of halogens is 1. The number of hydrogen-bond acceptors (Lipinski definition) is 6. The van der Waals surface area contributed by atoms with Crippen LogP contribution in [0.5, 0.6) is 23.0 Å². The molecule has 2 aromatic carbocycles. The van der Waals surface area contributed by atoms with Crippen LogP contribution in [0.1, 0.15) is 23.2 Å². The fourth-order valence-electron chi connectivity index (χ4n) is 2.71. The number of benzene rings is 2. The van der Waals surface area contributed by atoms with Crippen LogP contribution in [-0.4, -0.2) is 52.8 Å². The van der Waals surface area contributed by atoms with Crippen LogP contribution in [0.3, 0.4) is 0 Å². The number of nitrogens with one attached hydrogen (secondary N) is 2. The van der Waals surface area contributed by atoms with E-state index < -0.39 is 5.91 Å². The molecule has 0 saturated carbocycles. The maximum atomic E-state index is 12.8. The standard InChI is InChI=1S/C22H27FN2O6/c1-28-18-12-15(13-19(29-2)21(18)30-3)22(27)25-14-20(26)24-10-4-5-11-31-17-8-6-16(23)7-9-17/h6-9,12-13H,4-5,10-11,14H2,1-3H3,(H,24,26)(H,25,27). The number of rotatable bonds is 12. The second-order valence-corrected chi connectivity index (χ2v) is 6.46. The van der Waals surface area contributed by atoms with Crippen molar-refractivity contribution in [2.75, 3.05) is 41.0 Å². The molecule has 0 fully saturated rings. The molecule has 0 aliphatic heterocycles. The summed E-state index contributed by atoms with van der Waals surface area (Å²) in [4.78, 5) is 24.3. The van der Waals surface area contributed by atoms with Gasteiger partial charge in [0, 0.05) is 12.1 Å². The van der Waals surface area contributed by atoms with Gasteiger partial charge >= 0.3 is 0 Å². The fraction of sp³-hybridized carbons (Fsp3) is 0.364. The number of unbranched alkanes of at least 4 members (excludes halogenated alkanes) is 1. The topological polar surface area (TPSA) is 95.1 Å². The molecule has 8 nitrogen and oxygen atoms in total. The zero-order valence-corrected chi connectivity index (χ0v) is 17.8. The Morgan fingerprint density at radius 2 is 1.55 bits per heavy atom. The average Bonchev–Trinajstić information content (AvgIpc) is 2.79. The molecule has 0 atom stereocenters. The minimum absolute atomic E-state index is 0.165. The number of carbonyl (C=O) groups is 2. The van der Waals surface area contributed by atoms with Crippen molar-refractivity contribution in [1.82, 2.24) is 10.6 Å². The molecule has 0 spiro atoms. The smallest absolute Gasteiger partial charge is 0.251 e. The first-order valence-electron chi connectivity index (χ1n) is 9.71. The van der Waals surface area contributed by atoms with E-state index >= 15 is 0 Å². The zero-order valence-electron chi connectivity index (χ0n) is 17.8. The molecule has 0 saturated heterocycles. The van der Waals surface area contributed by atoms with Crippen LogP contribution < -0.4 is 29.6 Å². The van der Waals surface area contributed by atoms with Gasteiger partial charge in [0.25, 0.3) is 5.91 Å². The Balaban J connectivity index is 1.70. The first-order chi connectivity index (χ1) is 15.0. The van der Waals surface area contributed by atoms with Crippen LogP contribution in [0, 0.1) is 5.82 Å². The molecule has 0 aliphatic rings. The van der Waals surface area contributed by atoms with Crippen LogP contribution in [0.2, 0.25) is 0 Å². The SMILES string of the molecule is COc1cc(C(=O)NCC(=O)NCCCCOc2ccc(F)cc2)cc(OC)c1OC. The third kappa shape index (κ3) is 7.36. The van der Waals surface area contributed by atoms with Crippen LogP contribution in [0.15, 0.2) is 36.4 Å². The fourth-order valence-corrected chi connectivity index (χ4v) is 2.71. The van der Waals surface area contributed by atoms with E-state index in [9.17, 15) is 14.0 Å². The van der Waals surface area contributed by atoms with Gasteiger partial charge in [-0.15, -0.1) is 0 Å². The van der Waals surface area contributed by atoms with E-state index in [0.29, 0.717) is 42.6 Å². The minimum Gasteiger partial charge on any atom is -0.494 e. The van der Waals surface area contributed by atoms with Crippen molar-refractivity contribution >= 4 is 11.8 Å². The largest absolute Gasteiger partial charge is 0.494 e. The molecule has 168 valence electrons. The summed E-state index contributed by atoms with van der Waals surface area (Å²) in [6.45, 7) is 0.743. The molecule has 0 radical (unpaired) electrons. The molecule has 2 N–H and O–H groups in total. The predicted octanol–water partition coefficient (Wildman–Crippen LogP) is 2.56. The molecule has 2 rings (SSSR count). The lowest BCUT2D eigenvalue weighted by Crippen LogP contribution is -2.37. The van der Waals surface area contributed by atoms with Gasteiger partial charge in [0.15, 0.2) is 11.5 Å². The Morgan fingerprint density at radius 1 is 0.903 bits per heavy atom. The van der Waals surface area contributed by atoms with Crippen molar-refractivity contribution in [3.63, 3.8) is 0 Å². The van der Waals surface area contributed by atoms with Gasteiger partial charge < -0.3 is 29.6 Å². The van der Waals surface area contributed by atoms with E-state index in [-0.39, 0.29) is 23.8 Å². The van der Waals surface area contributed by atoms with E-state index in [1.165, 1.54) is 45.6 Å². The first kappa shape index (κ1) is 23.8. The molecule has 9 heteroatoms. The first-order valence-corrected chi connectivity index (χ1v) is 9.71. The highest BCUT2D eigenvalue weighted by Gasteiger charge is 2.17. The lowest BCUT2D eigenvalue weighted by Gasteiger charge is -2.14. The lowest BCUT2D eigenvalue weighted by atomic mass is 10.1. The number of amides is 2. The second-order valence-electron chi connectivity index (χ2n) is 6.46. The molecule has 0 heterocycles. The molecular weight excluding hydrogens is 407 g/mol. The summed E-state index contributed by atoms with van der Waals surface area (Å²) in [7, 11) is 4.38. The Bertz CT molecular complexity index is 848. The third-order valence-electron chi connectivity index (χ3n) is 4.31. The van der Waals surface area contributed by atoms with Gasteiger partial charge in [0.1, 0.15) is 11.6 Å². The molecule has 0 aliphatic carbocycles. The highest BCUT2D eigenvalue weighted by Crippen LogP contribution is 2.38. The van der Waals surface area contributed by atoms with Gasteiger partial charge in [-0.2, -0.15) is 0 Å². The molecule has 2 amide bonds. The second kappa shape index (κ2) is 12.3. The number of hydrogen-bond donors (Lipinski definition) is 2. The van der Waals surface area contributed by atoms with Crippen molar-refractivity contribution in [2.45, 2.75) is 12.8 Å². The maximum absolute atomic E-state index is 12.8. The zero-order chi connectivity index (χ0) is 22.6. The van der Waals surface area contributed by atoms with Gasteiger partial charge in [-0.25, -0.2) is 4.39 Å². The molecule has 2 aromatic rings. The van der Waals surface area contributed by atoms with Gasteiger partial charge in [0.05, 0.1) is 34.5 Å². The Morgan fingerprint density at radius 3 is 2.13 bits per heavy atom. The van der Waals surface area contributed by atoms with E-state index in [2.05, 4.69) is 10.6 Å². The summed E-state index contributed by atoms with van der Waals surface area (Å²) in [5.74, 6) is 0.607. The average molecular weight is 434 g/mol. The lowest BCUT2D eigenvalue weighted by molar-refractivity contribution is -0.120. The van der Waals surface area contributed by atoms with Crippen molar-refractivity contribution < 1.29 is 32.9 Å². The molecule has 31 heavy (non-hydrogen) atoms. The van der Waals surface area contributed by atoms with Crippen LogP contribution >= 0.6 is 0 Å². The van der Waals surface area contributed by atoms with Gasteiger partial charge in [-0.05, 0) is 49.2 Å². The predicted molar refractivity (Wildman–Crippen MR) is 113 cm³/mol. The van der Waals surface area contributed by atoms with Crippen LogP contribution in [0.25, 0.3) is 0 Å². The molecular formula is C22H27FN2O6. The van der Waals surface area contributed by atoms with Crippen molar-refractivity contribution in [3.05, 3.63) is 47.8 Å². The highest BCUT2D eigenvalue weighted by molar-refractivity contribution is 5.97. The monoisotopic (exact) mass is 434 g/mol. The van der Waals surface area contributed by atoms with Gasteiger partial charge in [0.2, 0.25) is 11.7 Å². The number of carbonyl (C=O) groups excluding carboxylic acids is 2. The van der Waals surface area contributed by atoms with E-state index in [1.54, 1.807) is 12.1 Å². The van der Waals surface area contributed by atoms with E-state index in [4.69, 9.17) is 18.9 Å². The van der Waals surface area contributed by atoms with E-state index in [1.807, 2.05) is 0 Å². The summed E-state index contributed by atoms with van der Waals surface area (Å²) in [5, 5.41) is 5.29. The maximum Gasteiger partial charge on any atom is 0.251 e.